The van der Waals surface area contributed by atoms with Gasteiger partial charge in [-0.1, -0.05) is 46.6 Å². The number of halogens is 2. The number of hydrogen-bond acceptors (Lipinski definition) is 5. The van der Waals surface area contributed by atoms with Crippen molar-refractivity contribution >= 4 is 61.5 Å². The van der Waals surface area contributed by atoms with Crippen molar-refractivity contribution in [2.45, 2.75) is 4.90 Å². The zero-order chi connectivity index (χ0) is 22.1. The van der Waals surface area contributed by atoms with Gasteiger partial charge in [0.05, 0.1) is 10.6 Å². The van der Waals surface area contributed by atoms with Crippen LogP contribution in [0.3, 0.4) is 0 Å². The van der Waals surface area contributed by atoms with Crippen molar-refractivity contribution < 1.29 is 23.5 Å². The van der Waals surface area contributed by atoms with Crippen molar-refractivity contribution in [2.24, 2.45) is 10.9 Å². The van der Waals surface area contributed by atoms with Gasteiger partial charge >= 0.3 is 5.97 Å². The van der Waals surface area contributed by atoms with Gasteiger partial charge in [0, 0.05) is 15.6 Å². The van der Waals surface area contributed by atoms with Crippen molar-refractivity contribution in [1.29, 1.82) is 0 Å². The fourth-order valence-corrected chi connectivity index (χ4v) is 4.98. The molecule has 0 atom stereocenters. The molecule has 3 aromatic rings. The topological polar surface area (TPSA) is 133 Å². The van der Waals surface area contributed by atoms with Gasteiger partial charge in [-0.2, -0.15) is 0 Å². The second kappa shape index (κ2) is 8.39. The summed E-state index contributed by atoms with van der Waals surface area (Å²) in [6.45, 7) is -0.805. The molecule has 0 unspecified atom stereocenters. The van der Waals surface area contributed by atoms with Crippen LogP contribution in [0, 0.1) is 0 Å². The Labute approximate surface area is 181 Å². The maximum atomic E-state index is 13.2. The van der Waals surface area contributed by atoms with Crippen LogP contribution >= 0.6 is 23.2 Å². The molecule has 30 heavy (non-hydrogen) atoms. The van der Waals surface area contributed by atoms with Gasteiger partial charge in [-0.05, 0) is 47.2 Å². The van der Waals surface area contributed by atoms with Crippen molar-refractivity contribution in [2.75, 3.05) is 10.8 Å². The summed E-state index contributed by atoms with van der Waals surface area (Å²) in [4.78, 5) is 11.2. The highest BCUT2D eigenvalue weighted by atomic mass is 35.5. The minimum Gasteiger partial charge on any atom is -0.480 e. The normalized spacial score (nSPS) is 12.1. The number of anilines is 1. The summed E-state index contributed by atoms with van der Waals surface area (Å²) in [7, 11) is -4.28. The summed E-state index contributed by atoms with van der Waals surface area (Å²) >= 11 is 11.8. The second-order valence-electron chi connectivity index (χ2n) is 6.24. The minimum atomic E-state index is -4.28. The second-order valence-corrected chi connectivity index (χ2v) is 8.98. The third-order valence-corrected chi connectivity index (χ3v) is 6.41. The molecular formula is C19H15Cl2N3O5S. The largest absolute Gasteiger partial charge is 0.480 e. The average Bonchev–Trinajstić information content (AvgIpc) is 2.69. The lowest BCUT2D eigenvalue weighted by molar-refractivity contribution is -0.135. The highest BCUT2D eigenvalue weighted by Crippen LogP contribution is 2.30. The fraction of sp³-hybridized carbons (Fsp3) is 0.0526. The number of amidine groups is 1. The lowest BCUT2D eigenvalue weighted by Gasteiger charge is -2.23. The Kier molecular flexibility index (Phi) is 6.06. The van der Waals surface area contributed by atoms with Gasteiger partial charge in [0.2, 0.25) is 0 Å². The van der Waals surface area contributed by atoms with Gasteiger partial charge < -0.3 is 16.0 Å². The standard InChI is InChI=1S/C19H15Cl2N3O5S/c20-14-7-15(21)9-17(8-14)30(28,29)24(10-18(25)26)16-4-3-11-5-13(19(22)23-27)2-1-12(11)6-16/h1-9,27H,10H2,(H2,22,23)(H,25,26). The van der Waals surface area contributed by atoms with E-state index in [1.165, 1.54) is 30.3 Å². The van der Waals surface area contributed by atoms with Crippen LogP contribution in [-0.2, 0) is 14.8 Å². The van der Waals surface area contributed by atoms with E-state index in [2.05, 4.69) is 5.16 Å². The maximum absolute atomic E-state index is 13.2. The zero-order valence-corrected chi connectivity index (χ0v) is 17.5. The number of carbonyl (C=O) groups is 1. The van der Waals surface area contributed by atoms with E-state index in [1.807, 2.05) is 0 Å². The minimum absolute atomic E-state index is 0.0751. The van der Waals surface area contributed by atoms with Crippen molar-refractivity contribution in [3.05, 3.63) is 70.2 Å². The molecular weight excluding hydrogens is 453 g/mol. The van der Waals surface area contributed by atoms with Crippen LogP contribution in [0.15, 0.2) is 64.6 Å². The van der Waals surface area contributed by atoms with Crippen molar-refractivity contribution in [3.8, 4) is 0 Å². The molecule has 0 saturated heterocycles. The monoisotopic (exact) mass is 467 g/mol. The quantitative estimate of drug-likeness (QED) is 0.219. The fourth-order valence-electron chi connectivity index (χ4n) is 2.85. The molecule has 3 aromatic carbocycles. The Morgan fingerprint density at radius 2 is 1.60 bits per heavy atom. The molecule has 4 N–H and O–H groups in total. The number of aliphatic carboxylic acids is 1. The first-order valence-electron chi connectivity index (χ1n) is 8.34. The molecule has 0 heterocycles. The molecule has 0 spiro atoms. The predicted octanol–water partition coefficient (Wildman–Crippen LogP) is 3.52. The third kappa shape index (κ3) is 4.43. The molecule has 0 aromatic heterocycles. The number of oxime groups is 1. The molecule has 0 saturated carbocycles. The molecule has 0 amide bonds. The number of hydrogen-bond donors (Lipinski definition) is 3. The first-order valence-corrected chi connectivity index (χ1v) is 10.5. The van der Waals surface area contributed by atoms with Gasteiger partial charge in [0.15, 0.2) is 5.84 Å². The van der Waals surface area contributed by atoms with E-state index in [1.54, 1.807) is 24.3 Å². The van der Waals surface area contributed by atoms with Crippen molar-refractivity contribution in [3.63, 3.8) is 0 Å². The highest BCUT2D eigenvalue weighted by molar-refractivity contribution is 7.92. The summed E-state index contributed by atoms with van der Waals surface area (Å²) in [6.07, 6.45) is 0. The lowest BCUT2D eigenvalue weighted by atomic mass is 10.1. The van der Waals surface area contributed by atoms with E-state index < -0.39 is 22.5 Å². The number of sulfonamides is 1. The highest BCUT2D eigenvalue weighted by Gasteiger charge is 2.28. The number of nitrogens with zero attached hydrogens (tertiary/aromatic N) is 2. The summed E-state index contributed by atoms with van der Waals surface area (Å²) in [5, 5.41) is 22.6. The lowest BCUT2D eigenvalue weighted by Crippen LogP contribution is -2.35. The van der Waals surface area contributed by atoms with Gasteiger partial charge in [0.25, 0.3) is 10.0 Å². The molecule has 8 nitrogen and oxygen atoms in total. The van der Waals surface area contributed by atoms with Gasteiger partial charge in [-0.15, -0.1) is 0 Å². The van der Waals surface area contributed by atoms with E-state index in [0.29, 0.717) is 16.3 Å². The Morgan fingerprint density at radius 3 is 2.20 bits per heavy atom. The van der Waals surface area contributed by atoms with Crippen LogP contribution in [0.4, 0.5) is 5.69 Å². The van der Waals surface area contributed by atoms with E-state index >= 15 is 0 Å². The Bertz CT molecular complexity index is 1260. The smallest absolute Gasteiger partial charge is 0.324 e. The average molecular weight is 468 g/mol. The van der Waals surface area contributed by atoms with E-state index in [-0.39, 0.29) is 26.5 Å². The van der Waals surface area contributed by atoms with Crippen LogP contribution in [-0.4, -0.2) is 37.1 Å². The number of nitrogens with two attached hydrogens (primary N) is 1. The molecule has 0 aliphatic heterocycles. The van der Waals surface area contributed by atoms with Gasteiger partial charge in [-0.25, -0.2) is 8.42 Å². The van der Waals surface area contributed by atoms with E-state index in [9.17, 15) is 18.3 Å². The van der Waals surface area contributed by atoms with Crippen LogP contribution in [0.2, 0.25) is 10.0 Å². The molecule has 3 rings (SSSR count). The zero-order valence-electron chi connectivity index (χ0n) is 15.2. The Hall–Kier alpha value is -3.01. The molecule has 0 fully saturated rings. The summed E-state index contributed by atoms with van der Waals surface area (Å²) in [6, 6.07) is 13.3. The number of benzene rings is 3. The third-order valence-electron chi connectivity index (χ3n) is 4.22. The van der Waals surface area contributed by atoms with Crippen LogP contribution in [0.1, 0.15) is 5.56 Å². The number of fused-ring (bicyclic) bond motifs is 1. The van der Waals surface area contributed by atoms with Crippen LogP contribution in [0.25, 0.3) is 10.8 Å². The Morgan fingerprint density at radius 1 is 1.00 bits per heavy atom. The van der Waals surface area contributed by atoms with Crippen LogP contribution in [0.5, 0.6) is 0 Å². The molecule has 0 aliphatic carbocycles. The van der Waals surface area contributed by atoms with Gasteiger partial charge in [0.1, 0.15) is 6.54 Å². The van der Waals surface area contributed by atoms with E-state index in [0.717, 1.165) is 4.31 Å². The molecule has 156 valence electrons. The Balaban J connectivity index is 2.13. The number of carboxylic acids is 1. The summed E-state index contributed by atoms with van der Waals surface area (Å²) in [5.74, 6) is -1.41. The molecule has 0 radical (unpaired) electrons. The summed E-state index contributed by atoms with van der Waals surface area (Å²) < 4.78 is 27.1. The number of rotatable bonds is 6. The molecule has 11 heteroatoms. The molecule has 0 aliphatic rings. The van der Waals surface area contributed by atoms with Crippen LogP contribution < -0.4 is 10.0 Å². The number of carboxylic acid groups (broad SMARTS) is 1. The summed E-state index contributed by atoms with van der Waals surface area (Å²) in [5.41, 5.74) is 6.20. The first-order chi connectivity index (χ1) is 14.1. The first kappa shape index (κ1) is 21.7. The predicted molar refractivity (Wildman–Crippen MR) is 115 cm³/mol. The van der Waals surface area contributed by atoms with Crippen molar-refractivity contribution in [1.82, 2.24) is 0 Å². The molecule has 0 bridgehead atoms. The maximum Gasteiger partial charge on any atom is 0.324 e. The van der Waals surface area contributed by atoms with E-state index in [4.69, 9.17) is 34.1 Å². The SMILES string of the molecule is NC(=NO)c1ccc2cc(N(CC(=O)O)S(=O)(=O)c3cc(Cl)cc(Cl)c3)ccc2c1. The van der Waals surface area contributed by atoms with Gasteiger partial charge in [-0.3, -0.25) is 9.10 Å².